The first-order valence-corrected chi connectivity index (χ1v) is 5.43. The average molecular weight is 276 g/mol. The van der Waals surface area contributed by atoms with Gasteiger partial charge in [-0.1, -0.05) is 6.07 Å². The molecule has 0 N–H and O–H groups in total. The molecule has 0 aromatic carbocycles. The number of fused-ring (bicyclic) bond motifs is 1. The number of rotatable bonds is 1. The molecule has 0 atom stereocenters. The molecule has 3 aromatic rings. The lowest BCUT2D eigenvalue weighted by atomic mass is 10.3. The molecular weight excluding hydrogens is 270 g/mol. The Labute approximate surface area is 99.3 Å². The summed E-state index contributed by atoms with van der Waals surface area (Å²) in [5.41, 5.74) is 1.44. The zero-order chi connectivity index (χ0) is 11.0. The van der Waals surface area contributed by atoms with E-state index in [0.29, 0.717) is 11.5 Å². The second kappa shape index (κ2) is 3.64. The van der Waals surface area contributed by atoms with Crippen LogP contribution < -0.4 is 0 Å². The van der Waals surface area contributed by atoms with E-state index in [4.69, 9.17) is 0 Å². The minimum Gasteiger partial charge on any atom is -0.237 e. The Bertz CT molecular complexity index is 648. The highest BCUT2D eigenvalue weighted by Gasteiger charge is 2.09. The fourth-order valence-electron chi connectivity index (χ4n) is 1.44. The lowest BCUT2D eigenvalue weighted by Crippen LogP contribution is -1.95. The van der Waals surface area contributed by atoms with Gasteiger partial charge in [-0.2, -0.15) is 9.61 Å². The van der Waals surface area contributed by atoms with Crippen LogP contribution in [0.3, 0.4) is 0 Å². The van der Waals surface area contributed by atoms with Crippen LogP contribution in [0.1, 0.15) is 0 Å². The molecule has 0 radical (unpaired) electrons. The van der Waals surface area contributed by atoms with Crippen LogP contribution in [0.15, 0.2) is 41.1 Å². The van der Waals surface area contributed by atoms with Gasteiger partial charge in [-0.15, -0.1) is 10.2 Å². The standard InChI is InChI=1S/C10H6BrN5/c11-8-4-1-3-7(13-8)10-15-14-9-5-2-6-12-16(9)10/h1-6H. The second-order valence-electron chi connectivity index (χ2n) is 3.16. The highest BCUT2D eigenvalue weighted by molar-refractivity contribution is 9.10. The van der Waals surface area contributed by atoms with Crippen LogP contribution in [0.5, 0.6) is 0 Å². The van der Waals surface area contributed by atoms with Gasteiger partial charge in [-0.25, -0.2) is 4.98 Å². The van der Waals surface area contributed by atoms with E-state index < -0.39 is 0 Å². The number of nitrogens with zero attached hydrogens (tertiary/aromatic N) is 5. The topological polar surface area (TPSA) is 56.0 Å². The van der Waals surface area contributed by atoms with E-state index in [9.17, 15) is 0 Å². The number of hydrogen-bond acceptors (Lipinski definition) is 4. The van der Waals surface area contributed by atoms with Gasteiger partial charge >= 0.3 is 0 Å². The summed E-state index contributed by atoms with van der Waals surface area (Å²) in [7, 11) is 0. The maximum absolute atomic E-state index is 4.32. The smallest absolute Gasteiger partial charge is 0.203 e. The molecule has 0 unspecified atom stereocenters. The van der Waals surface area contributed by atoms with Crippen molar-refractivity contribution >= 4 is 21.6 Å². The summed E-state index contributed by atoms with van der Waals surface area (Å²) in [5, 5.41) is 12.3. The monoisotopic (exact) mass is 275 g/mol. The van der Waals surface area contributed by atoms with Gasteiger partial charge in [-0.3, -0.25) is 0 Å². The van der Waals surface area contributed by atoms with Gasteiger partial charge in [0.25, 0.3) is 0 Å². The van der Waals surface area contributed by atoms with Crippen LogP contribution in [-0.4, -0.2) is 24.8 Å². The molecule has 0 fully saturated rings. The summed E-state index contributed by atoms with van der Waals surface area (Å²) < 4.78 is 2.42. The summed E-state index contributed by atoms with van der Waals surface area (Å²) in [6.07, 6.45) is 1.69. The van der Waals surface area contributed by atoms with Crippen LogP contribution >= 0.6 is 15.9 Å². The molecule has 0 aliphatic carbocycles. The number of aromatic nitrogens is 5. The molecule has 0 saturated heterocycles. The lowest BCUT2D eigenvalue weighted by molar-refractivity contribution is 0.928. The van der Waals surface area contributed by atoms with Crippen molar-refractivity contribution in [1.82, 2.24) is 24.8 Å². The second-order valence-corrected chi connectivity index (χ2v) is 3.98. The highest BCUT2D eigenvalue weighted by Crippen LogP contribution is 2.16. The molecule has 0 aliphatic rings. The van der Waals surface area contributed by atoms with E-state index in [2.05, 4.69) is 36.2 Å². The first kappa shape index (κ1) is 9.41. The van der Waals surface area contributed by atoms with Gasteiger partial charge in [0.05, 0.1) is 0 Å². The maximum Gasteiger partial charge on any atom is 0.203 e. The molecule has 3 rings (SSSR count). The molecule has 0 saturated carbocycles. The van der Waals surface area contributed by atoms with E-state index in [0.717, 1.165) is 10.3 Å². The Morgan fingerprint density at radius 2 is 2.00 bits per heavy atom. The maximum atomic E-state index is 4.32. The van der Waals surface area contributed by atoms with Gasteiger partial charge in [0.15, 0.2) is 5.65 Å². The summed E-state index contributed by atoms with van der Waals surface area (Å²) in [4.78, 5) is 4.32. The Balaban J connectivity index is 2.26. The first-order chi connectivity index (χ1) is 7.84. The Morgan fingerprint density at radius 1 is 1.06 bits per heavy atom. The van der Waals surface area contributed by atoms with Crippen molar-refractivity contribution in [3.8, 4) is 11.5 Å². The van der Waals surface area contributed by atoms with Crippen molar-refractivity contribution in [3.05, 3.63) is 41.1 Å². The van der Waals surface area contributed by atoms with Crippen molar-refractivity contribution < 1.29 is 0 Å². The molecule has 6 heteroatoms. The molecular formula is C10H6BrN5. The van der Waals surface area contributed by atoms with Gasteiger partial charge in [0.1, 0.15) is 10.3 Å². The van der Waals surface area contributed by atoms with Crippen LogP contribution in [-0.2, 0) is 0 Å². The largest absolute Gasteiger partial charge is 0.237 e. The fourth-order valence-corrected chi connectivity index (χ4v) is 1.78. The molecule has 0 spiro atoms. The zero-order valence-electron chi connectivity index (χ0n) is 8.08. The molecule has 16 heavy (non-hydrogen) atoms. The minimum atomic E-state index is 0.636. The summed E-state index contributed by atoms with van der Waals surface area (Å²) in [5.74, 6) is 0.636. The minimum absolute atomic E-state index is 0.636. The van der Waals surface area contributed by atoms with E-state index in [1.165, 1.54) is 0 Å². The van der Waals surface area contributed by atoms with Gasteiger partial charge in [0, 0.05) is 6.20 Å². The number of hydrogen-bond donors (Lipinski definition) is 0. The van der Waals surface area contributed by atoms with Gasteiger partial charge < -0.3 is 0 Å². The molecule has 0 amide bonds. The number of halogens is 1. The molecule has 78 valence electrons. The normalized spacial score (nSPS) is 10.8. The van der Waals surface area contributed by atoms with Crippen LogP contribution in [0.2, 0.25) is 0 Å². The number of pyridine rings is 1. The highest BCUT2D eigenvalue weighted by atomic mass is 79.9. The molecule has 3 heterocycles. The van der Waals surface area contributed by atoms with E-state index in [-0.39, 0.29) is 0 Å². The van der Waals surface area contributed by atoms with Crippen molar-refractivity contribution in [3.63, 3.8) is 0 Å². The van der Waals surface area contributed by atoms with E-state index in [1.807, 2.05) is 30.3 Å². The average Bonchev–Trinajstić information content (AvgIpc) is 2.72. The van der Waals surface area contributed by atoms with Crippen molar-refractivity contribution in [2.24, 2.45) is 0 Å². The third-order valence-electron chi connectivity index (χ3n) is 2.12. The summed E-state index contributed by atoms with van der Waals surface area (Å²) >= 11 is 3.32. The Hall–Kier alpha value is -1.82. The Morgan fingerprint density at radius 3 is 2.88 bits per heavy atom. The SMILES string of the molecule is Brc1cccc(-c2nnc3cccnn23)n1. The van der Waals surface area contributed by atoms with E-state index >= 15 is 0 Å². The van der Waals surface area contributed by atoms with Crippen LogP contribution in [0.25, 0.3) is 17.2 Å². The third-order valence-corrected chi connectivity index (χ3v) is 2.56. The quantitative estimate of drug-likeness (QED) is 0.637. The van der Waals surface area contributed by atoms with Crippen LogP contribution in [0.4, 0.5) is 0 Å². The zero-order valence-corrected chi connectivity index (χ0v) is 9.66. The van der Waals surface area contributed by atoms with E-state index in [1.54, 1.807) is 10.7 Å². The van der Waals surface area contributed by atoms with Crippen molar-refractivity contribution in [1.29, 1.82) is 0 Å². The van der Waals surface area contributed by atoms with Gasteiger partial charge in [0.2, 0.25) is 5.82 Å². The Kier molecular flexibility index (Phi) is 2.14. The molecule has 5 nitrogen and oxygen atoms in total. The molecule has 0 aliphatic heterocycles. The fraction of sp³-hybridized carbons (Fsp3) is 0. The predicted molar refractivity (Wildman–Crippen MR) is 61.7 cm³/mol. The van der Waals surface area contributed by atoms with Crippen molar-refractivity contribution in [2.75, 3.05) is 0 Å². The first-order valence-electron chi connectivity index (χ1n) is 4.64. The van der Waals surface area contributed by atoms with Crippen molar-refractivity contribution in [2.45, 2.75) is 0 Å². The summed E-state index contributed by atoms with van der Waals surface area (Å²) in [6, 6.07) is 9.30. The predicted octanol–water partition coefficient (Wildman–Crippen LogP) is 1.95. The van der Waals surface area contributed by atoms with Gasteiger partial charge in [-0.05, 0) is 40.2 Å². The lowest BCUT2D eigenvalue weighted by Gasteiger charge is -1.97. The third kappa shape index (κ3) is 1.47. The molecule has 0 bridgehead atoms. The van der Waals surface area contributed by atoms with Crippen LogP contribution in [0, 0.1) is 0 Å². The summed E-state index contributed by atoms with van der Waals surface area (Å²) in [6.45, 7) is 0. The molecule has 3 aromatic heterocycles.